The Morgan fingerprint density at radius 3 is 0.682 bits per heavy atom. The van der Waals surface area contributed by atoms with Gasteiger partial charge in [0.25, 0.3) is 0 Å². The molecule has 110 heavy (non-hydrogen) atoms. The van der Waals surface area contributed by atoms with Gasteiger partial charge in [0.2, 0.25) is 0 Å². The predicted molar refractivity (Wildman–Crippen MR) is 432 cm³/mol. The second kappa shape index (κ2) is 47.5. The Kier molecular flexibility index (Phi) is 49.7. The zero-order valence-electron chi connectivity index (χ0n) is 63.4. The van der Waals surface area contributed by atoms with Crippen LogP contribution in [0.3, 0.4) is 0 Å². The Balaban J connectivity index is -0.000000666. The molecule has 10 nitrogen and oxygen atoms in total. The van der Waals surface area contributed by atoms with Gasteiger partial charge in [-0.3, -0.25) is 22.4 Å². The van der Waals surface area contributed by atoms with Gasteiger partial charge in [0.05, 0.1) is 42.7 Å². The molecule has 1 aliphatic heterocycles. The zero-order chi connectivity index (χ0) is 84.8. The minimum absolute atomic E-state index is 0. The summed E-state index contributed by atoms with van der Waals surface area (Å²) in [6, 6.07) is 49.1. The monoisotopic (exact) mass is 2070 g/mol. The van der Waals surface area contributed by atoms with E-state index in [1.807, 2.05) is 120 Å². The van der Waals surface area contributed by atoms with Crippen molar-refractivity contribution in [2.45, 2.75) is 148 Å². The molecular weight excluding hydrogens is 1980 g/mol. The summed E-state index contributed by atoms with van der Waals surface area (Å²) >= 11 is 39.7. The zero-order valence-corrected chi connectivity index (χ0v) is 79.5. The van der Waals surface area contributed by atoms with Gasteiger partial charge in [-0.05, 0) is 50.7 Å². The first-order valence-corrected chi connectivity index (χ1v) is 46.9. The minimum atomic E-state index is -10.7. The van der Waals surface area contributed by atoms with Crippen molar-refractivity contribution < 1.29 is 160 Å². The van der Waals surface area contributed by atoms with Gasteiger partial charge in [-0.1, -0.05) is 288 Å². The normalized spacial score (nSPS) is 14.6. The van der Waals surface area contributed by atoms with E-state index in [1.165, 1.54) is 27.1 Å². The molecular formula is C70H94Cl10F12O10P6Pd2-2. The summed E-state index contributed by atoms with van der Waals surface area (Å²) in [6.07, 6.45) is 4.46. The van der Waals surface area contributed by atoms with Crippen molar-refractivity contribution in [3.63, 3.8) is 0 Å². The third-order valence-electron chi connectivity index (χ3n) is 13.5. The number of hydrogen-bond acceptors (Lipinski definition) is 10. The molecule has 0 atom stereocenters. The molecule has 0 aliphatic carbocycles. The van der Waals surface area contributed by atoms with Gasteiger partial charge in [0.15, 0.2) is 20.5 Å². The van der Waals surface area contributed by atoms with E-state index in [0.29, 0.717) is 0 Å². The number of carbonyl (C=O) groups excluding carboxylic acids is 2. The van der Waals surface area contributed by atoms with Crippen LogP contribution >= 0.6 is 139 Å². The first-order valence-electron chi connectivity index (χ1n) is 31.6. The number of alkyl halides is 12. The summed E-state index contributed by atoms with van der Waals surface area (Å²) in [6.45, 7) is 29.0. The fraction of sp³-hybridized carbons (Fsp3) is 0.429. The summed E-state index contributed by atoms with van der Waals surface area (Å²) in [5.74, 6) is 2.80. The number of hydrogen-bond donors (Lipinski definition) is 0. The summed E-state index contributed by atoms with van der Waals surface area (Å²) in [4.78, 5) is 20.3. The summed E-state index contributed by atoms with van der Waals surface area (Å²) < 4.78 is 179. The molecule has 0 bridgehead atoms. The van der Waals surface area contributed by atoms with Crippen LogP contribution < -0.4 is 61.4 Å². The maximum absolute atomic E-state index is 15.1. The molecule has 0 amide bonds. The van der Waals surface area contributed by atoms with E-state index in [1.54, 1.807) is 28.4 Å². The maximum Gasteiger partial charge on any atom is 0 e. The average Bonchev–Trinajstić information content (AvgIpc) is 0.734. The fourth-order valence-corrected chi connectivity index (χ4v) is 28.0. The second-order valence-electron chi connectivity index (χ2n) is 25.7. The van der Waals surface area contributed by atoms with Gasteiger partial charge in [-0.15, -0.1) is 0 Å². The van der Waals surface area contributed by atoms with Crippen LogP contribution in [0.15, 0.2) is 146 Å². The number of para-hydroxylation sites is 4. The maximum atomic E-state index is 15.1. The number of benzene rings is 6. The van der Waals surface area contributed by atoms with Gasteiger partial charge in [0, 0.05) is 116 Å². The van der Waals surface area contributed by atoms with E-state index in [9.17, 15) is 60.0 Å². The average molecular weight is 2080 g/mol. The van der Waals surface area contributed by atoms with Crippen LogP contribution in [0.2, 0.25) is 0 Å². The molecule has 1 fully saturated rings. The van der Waals surface area contributed by atoms with E-state index in [-0.39, 0.29) is 61.4 Å². The van der Waals surface area contributed by atoms with Gasteiger partial charge < -0.3 is 37.6 Å². The Morgan fingerprint density at radius 2 is 0.555 bits per heavy atom. The first-order chi connectivity index (χ1) is 48.7. The van der Waals surface area contributed by atoms with Crippen LogP contribution in [0.5, 0.6) is 23.0 Å². The number of methoxy groups -OCH3 is 6. The van der Waals surface area contributed by atoms with Crippen molar-refractivity contribution in [2.75, 3.05) is 42.7 Å². The van der Waals surface area contributed by atoms with E-state index in [2.05, 4.69) is 153 Å². The number of carbonyl (C=O) groups is 2. The SMILES string of the molecule is CC[CH-]C(=O)OC.CC[CH-]C(=O)OC.COc1ccccc1P(c1ccccc1OC)c1ccccc1P(=O)(C(C)(C)C)C(C)(C)C.COc1ccccc1P(c1ccccc1OC)c1ccccc1P(=O)(C(C)(C)C)C(C)(C)C.ClC(Cl)Cl.ClC(Cl)Cl.ClC1[Cl+]C(Cl)[Cl+]1.F[P-](F)(F)(F)(F)F.F[P-](F)(F)(F)(F)F.[Pd].[Pd]. The van der Waals surface area contributed by atoms with Crippen LogP contribution in [-0.4, -0.2) is 92.4 Å². The number of esters is 2. The smallest absolute Gasteiger partial charge is 0 e. The third-order valence-corrected chi connectivity index (χ3v) is 31.8. The van der Waals surface area contributed by atoms with Crippen molar-refractivity contribution >= 4 is 193 Å². The van der Waals surface area contributed by atoms with E-state index in [0.717, 1.165) is 78.3 Å². The predicted octanol–water partition coefficient (Wildman–Crippen LogP) is 25.6. The Hall–Kier alpha value is -1.24. The van der Waals surface area contributed by atoms with Crippen LogP contribution in [-0.2, 0) is 69.0 Å². The van der Waals surface area contributed by atoms with Gasteiger partial charge in [-0.2, -0.15) is 12.8 Å². The molecule has 0 aromatic heterocycles. The fourth-order valence-electron chi connectivity index (χ4n) is 9.99. The van der Waals surface area contributed by atoms with E-state index in [4.69, 9.17) is 112 Å². The van der Waals surface area contributed by atoms with Gasteiger partial charge >= 0.3 is 96.2 Å². The topological polar surface area (TPSA) is 124 Å². The molecule has 6 aromatic rings. The molecule has 0 unspecified atom stereocenters. The van der Waals surface area contributed by atoms with Crippen molar-refractivity contribution in [1.29, 1.82) is 0 Å². The quantitative estimate of drug-likeness (QED) is 0.0231. The first kappa shape index (κ1) is 115. The molecule has 0 N–H and O–H groups in total. The van der Waals surface area contributed by atoms with E-state index < -0.39 is 75.0 Å². The summed E-state index contributed by atoms with van der Waals surface area (Å²) in [5, 5.41) is 6.83. The molecule has 0 radical (unpaired) electrons. The van der Waals surface area contributed by atoms with Crippen LogP contribution in [0, 0.1) is 34.4 Å². The molecule has 1 saturated heterocycles. The second-order valence-corrected chi connectivity index (χ2v) is 50.9. The Morgan fingerprint density at radius 1 is 0.391 bits per heavy atom. The Labute approximate surface area is 718 Å². The molecule has 1 aliphatic rings. The number of ether oxygens (including phenoxy) is 6. The molecule has 0 spiro atoms. The van der Waals surface area contributed by atoms with Crippen molar-refractivity contribution in [3.8, 4) is 23.0 Å². The molecule has 640 valence electrons. The molecule has 7 rings (SSSR count). The van der Waals surface area contributed by atoms with Crippen LogP contribution in [0.4, 0.5) is 50.4 Å². The van der Waals surface area contributed by atoms with Crippen molar-refractivity contribution in [2.24, 2.45) is 0 Å². The Bertz CT molecular complexity index is 3440. The number of halogens is 22. The van der Waals surface area contributed by atoms with Gasteiger partial charge in [0.1, 0.15) is 37.3 Å². The molecule has 0 saturated carbocycles. The molecule has 1 heterocycles. The summed E-state index contributed by atoms with van der Waals surface area (Å²) in [7, 11) is -15.8. The van der Waals surface area contributed by atoms with Gasteiger partial charge in [-0.25, -0.2) is 0 Å². The standard InChI is InChI=1S/2C28H36O3P2.2C5H9O2.C2H2Cl4.2CHCl3.2F6P.2Pd/c2*1-27(2,3)33(29,28(4,5)6)26-20-14-13-19-25(26)32(23-17-11-9-15-21(23)30-7)24-18-12-10-16-22(24)31-8;2*1-3-4-5(6)7-2;3-1-5-2(4)6-1;2*2-1(3)4;2*1-7(2,3,4,5)6;;/h2*9-20H,1-8H3;2*4H,3H2,1-2H3;1-2H;2*1H;;;;/q;;2*-1;+2;;;2*-1;;. The molecule has 40 heteroatoms. The molecule has 6 aromatic carbocycles. The third kappa shape index (κ3) is 45.1. The van der Waals surface area contributed by atoms with E-state index >= 15 is 9.13 Å². The van der Waals surface area contributed by atoms with Crippen molar-refractivity contribution in [1.82, 2.24) is 0 Å². The van der Waals surface area contributed by atoms with Crippen LogP contribution in [0.25, 0.3) is 0 Å². The van der Waals surface area contributed by atoms with Crippen molar-refractivity contribution in [3.05, 3.63) is 158 Å². The van der Waals surface area contributed by atoms with Crippen LogP contribution in [0.1, 0.15) is 110 Å². The minimum Gasteiger partial charge on any atom is 0 e. The largest absolute Gasteiger partial charge is 0 e. The number of rotatable bonds is 16. The summed E-state index contributed by atoms with van der Waals surface area (Å²) in [5.41, 5.74) is 0.